The number of amides is 2. The van der Waals surface area contributed by atoms with Gasteiger partial charge in [-0.15, -0.1) is 0 Å². The third-order valence-corrected chi connectivity index (χ3v) is 3.04. The van der Waals surface area contributed by atoms with Crippen molar-refractivity contribution in [1.29, 1.82) is 0 Å². The van der Waals surface area contributed by atoms with Gasteiger partial charge in [0.1, 0.15) is 5.82 Å². The van der Waals surface area contributed by atoms with Crippen LogP contribution in [0.5, 0.6) is 5.75 Å². The molecule has 0 radical (unpaired) electrons. The molecule has 1 aliphatic rings. The smallest absolute Gasteiger partial charge is 0.243 e. The van der Waals surface area contributed by atoms with Crippen LogP contribution >= 0.6 is 0 Å². The van der Waals surface area contributed by atoms with Crippen molar-refractivity contribution in [2.45, 2.75) is 12.5 Å². The van der Waals surface area contributed by atoms with Gasteiger partial charge in [0.05, 0.1) is 24.8 Å². The van der Waals surface area contributed by atoms with E-state index >= 15 is 0 Å². The number of nitrogens with one attached hydrogen (secondary N) is 2. The molecule has 0 spiro atoms. The fraction of sp³-hybridized carbons (Fsp3) is 0.286. The first-order chi connectivity index (χ1) is 10.0. The molecule has 0 aromatic heterocycles. The number of carbonyl (C=O) groups excluding carboxylic acids is 2. The van der Waals surface area contributed by atoms with Gasteiger partial charge in [0.2, 0.25) is 11.8 Å². The Morgan fingerprint density at radius 3 is 2.81 bits per heavy atom. The number of carbonyl (C=O) groups is 2. The molecule has 2 N–H and O–H groups in total. The average Bonchev–Trinajstić information content (AvgIpc) is 2.48. The lowest BCUT2D eigenvalue weighted by Crippen LogP contribution is -2.39. The second-order valence-corrected chi connectivity index (χ2v) is 4.45. The van der Waals surface area contributed by atoms with Crippen molar-refractivity contribution in [3.63, 3.8) is 0 Å². The zero-order chi connectivity index (χ0) is 15.4. The van der Waals surface area contributed by atoms with Crippen LogP contribution in [-0.4, -0.2) is 25.0 Å². The predicted octanol–water partition coefficient (Wildman–Crippen LogP) is 1.21. The molecule has 1 aliphatic heterocycles. The van der Waals surface area contributed by atoms with Crippen LogP contribution < -0.4 is 15.4 Å². The summed E-state index contributed by atoms with van der Waals surface area (Å²) < 4.78 is 32.5. The van der Waals surface area contributed by atoms with Gasteiger partial charge in [-0.1, -0.05) is 6.58 Å². The molecule has 0 saturated carbocycles. The number of fused-ring (bicyclic) bond motifs is 1. The Balaban J connectivity index is 2.10. The molecule has 0 fully saturated rings. The maximum absolute atomic E-state index is 13.8. The van der Waals surface area contributed by atoms with E-state index in [1.807, 2.05) is 0 Å². The van der Waals surface area contributed by atoms with Crippen LogP contribution in [0, 0.1) is 11.6 Å². The topological polar surface area (TPSA) is 67.4 Å². The fourth-order valence-corrected chi connectivity index (χ4v) is 2.07. The summed E-state index contributed by atoms with van der Waals surface area (Å²) in [6.07, 6.45) is 1.35. The Kier molecular flexibility index (Phi) is 4.52. The van der Waals surface area contributed by atoms with E-state index < -0.39 is 29.5 Å². The van der Waals surface area contributed by atoms with E-state index in [-0.39, 0.29) is 24.5 Å². The maximum Gasteiger partial charge on any atom is 0.243 e. The number of benzene rings is 1. The number of ether oxygens (including phenoxy) is 1. The fourth-order valence-electron chi connectivity index (χ4n) is 2.07. The summed E-state index contributed by atoms with van der Waals surface area (Å²) in [6, 6.07) is 1.27. The second-order valence-electron chi connectivity index (χ2n) is 4.45. The third-order valence-electron chi connectivity index (χ3n) is 3.04. The second kappa shape index (κ2) is 6.34. The lowest BCUT2D eigenvalue weighted by molar-refractivity contribution is -0.124. The van der Waals surface area contributed by atoms with Crippen molar-refractivity contribution in [3.8, 4) is 5.75 Å². The van der Waals surface area contributed by atoms with Gasteiger partial charge < -0.3 is 15.4 Å². The van der Waals surface area contributed by atoms with E-state index in [1.54, 1.807) is 0 Å². The van der Waals surface area contributed by atoms with Gasteiger partial charge >= 0.3 is 0 Å². The van der Waals surface area contributed by atoms with Crippen molar-refractivity contribution in [3.05, 3.63) is 42.0 Å². The monoisotopic (exact) mass is 296 g/mol. The van der Waals surface area contributed by atoms with Crippen LogP contribution in [0.3, 0.4) is 0 Å². The van der Waals surface area contributed by atoms with Crippen molar-refractivity contribution >= 4 is 11.8 Å². The molecule has 2 rings (SSSR count). The Hall–Kier alpha value is -2.44. The number of halogens is 2. The molecule has 0 aliphatic carbocycles. The number of hydrogen-bond acceptors (Lipinski definition) is 3. The van der Waals surface area contributed by atoms with E-state index in [2.05, 4.69) is 17.2 Å². The first-order valence-electron chi connectivity index (χ1n) is 6.33. The molecule has 112 valence electrons. The predicted molar refractivity (Wildman–Crippen MR) is 70.6 cm³/mol. The quantitative estimate of drug-likeness (QED) is 0.821. The highest BCUT2D eigenvalue weighted by Crippen LogP contribution is 2.36. The van der Waals surface area contributed by atoms with E-state index in [4.69, 9.17) is 4.74 Å². The van der Waals surface area contributed by atoms with Crippen LogP contribution in [0.2, 0.25) is 0 Å². The van der Waals surface area contributed by atoms with Crippen molar-refractivity contribution in [2.75, 3.05) is 13.2 Å². The molecule has 1 atom stereocenters. The summed E-state index contributed by atoms with van der Waals surface area (Å²) in [7, 11) is 0. The highest BCUT2D eigenvalue weighted by molar-refractivity contribution is 5.90. The Morgan fingerprint density at radius 2 is 2.10 bits per heavy atom. The summed E-state index contributed by atoms with van der Waals surface area (Å²) in [5.74, 6) is -2.50. The Morgan fingerprint density at radius 1 is 1.38 bits per heavy atom. The maximum atomic E-state index is 13.8. The zero-order valence-corrected chi connectivity index (χ0v) is 11.1. The minimum atomic E-state index is -0.697. The van der Waals surface area contributed by atoms with Gasteiger partial charge in [0.15, 0.2) is 11.6 Å². The van der Waals surface area contributed by atoms with Crippen LogP contribution in [-0.2, 0) is 9.59 Å². The normalized spacial score (nSPS) is 16.4. The van der Waals surface area contributed by atoms with Gasteiger partial charge in [0.25, 0.3) is 0 Å². The lowest BCUT2D eigenvalue weighted by atomic mass is 9.99. The van der Waals surface area contributed by atoms with Crippen molar-refractivity contribution < 1.29 is 23.1 Å². The van der Waals surface area contributed by atoms with Crippen LogP contribution in [0.15, 0.2) is 24.8 Å². The molecule has 0 saturated heterocycles. The first-order valence-corrected chi connectivity index (χ1v) is 6.33. The van der Waals surface area contributed by atoms with Gasteiger partial charge in [-0.25, -0.2) is 8.78 Å². The average molecular weight is 296 g/mol. The molecule has 21 heavy (non-hydrogen) atoms. The largest absolute Gasteiger partial charge is 0.490 e. The summed E-state index contributed by atoms with van der Waals surface area (Å²) in [5, 5.41) is 4.85. The van der Waals surface area contributed by atoms with Gasteiger partial charge in [-0.05, 0) is 18.2 Å². The van der Waals surface area contributed by atoms with E-state index in [9.17, 15) is 18.4 Å². The van der Waals surface area contributed by atoms with Gasteiger partial charge in [-0.3, -0.25) is 9.59 Å². The molecule has 2 amide bonds. The first kappa shape index (κ1) is 15.0. The minimum Gasteiger partial charge on any atom is -0.490 e. The molecule has 1 heterocycles. The van der Waals surface area contributed by atoms with Crippen molar-refractivity contribution in [1.82, 2.24) is 10.6 Å². The van der Waals surface area contributed by atoms with E-state index in [1.165, 1.54) is 0 Å². The number of rotatable bonds is 4. The summed E-state index contributed by atoms with van der Waals surface area (Å²) in [4.78, 5) is 22.7. The highest BCUT2D eigenvalue weighted by atomic mass is 19.1. The van der Waals surface area contributed by atoms with Crippen LogP contribution in [0.1, 0.15) is 18.0 Å². The van der Waals surface area contributed by atoms with Gasteiger partial charge in [0, 0.05) is 6.42 Å². The zero-order valence-electron chi connectivity index (χ0n) is 11.1. The third kappa shape index (κ3) is 3.36. The van der Waals surface area contributed by atoms with E-state index in [0.29, 0.717) is 6.42 Å². The summed E-state index contributed by atoms with van der Waals surface area (Å²) in [5.41, 5.74) is -0.00959. The number of hydrogen-bond donors (Lipinski definition) is 2. The Bertz CT molecular complexity index is 590. The van der Waals surface area contributed by atoms with Crippen LogP contribution in [0.4, 0.5) is 8.78 Å². The lowest BCUT2D eigenvalue weighted by Gasteiger charge is -2.27. The molecule has 0 bridgehead atoms. The SMILES string of the molecule is C=CC(=O)NCC(=O)N[C@@H]1CCOc2c(F)ccc(F)c21. The molecule has 1 aromatic carbocycles. The summed E-state index contributed by atoms with van der Waals surface area (Å²) >= 11 is 0. The Labute approximate surface area is 120 Å². The highest BCUT2D eigenvalue weighted by Gasteiger charge is 2.28. The van der Waals surface area contributed by atoms with Crippen LogP contribution in [0.25, 0.3) is 0 Å². The molecular formula is C14H14F2N2O3. The van der Waals surface area contributed by atoms with Crippen molar-refractivity contribution in [2.24, 2.45) is 0 Å². The molecule has 5 nitrogen and oxygen atoms in total. The minimum absolute atomic E-state index is 0.00959. The molecule has 1 aromatic rings. The molecular weight excluding hydrogens is 282 g/mol. The van der Waals surface area contributed by atoms with E-state index in [0.717, 1.165) is 18.2 Å². The van der Waals surface area contributed by atoms with Gasteiger partial charge in [-0.2, -0.15) is 0 Å². The standard InChI is InChI=1S/C14H14F2N2O3/c1-2-11(19)17-7-12(20)18-10-5-6-21-14-9(16)4-3-8(15)13(10)14/h2-4,10H,1,5-7H2,(H,17,19)(H,18,20)/t10-/m1/s1. The molecule has 0 unspecified atom stereocenters. The molecule has 7 heteroatoms. The summed E-state index contributed by atoms with van der Waals surface area (Å²) in [6.45, 7) is 3.15.